The summed E-state index contributed by atoms with van der Waals surface area (Å²) in [7, 11) is 0. The molecule has 84 valence electrons. The van der Waals surface area contributed by atoms with Gasteiger partial charge in [0.05, 0.1) is 12.6 Å². The SMILES string of the molecule is CC1N=C(C(C)(C)C2=NCCO2)OC1C. The minimum absolute atomic E-state index is 0.154. The number of rotatable bonds is 2. The van der Waals surface area contributed by atoms with Gasteiger partial charge < -0.3 is 9.47 Å². The van der Waals surface area contributed by atoms with Crippen molar-refractivity contribution in [2.75, 3.05) is 13.2 Å². The van der Waals surface area contributed by atoms with Crippen LogP contribution in [0, 0.1) is 5.41 Å². The molecular weight excluding hydrogens is 192 g/mol. The van der Waals surface area contributed by atoms with E-state index in [2.05, 4.69) is 16.9 Å². The average molecular weight is 210 g/mol. The molecule has 0 aromatic carbocycles. The summed E-state index contributed by atoms with van der Waals surface area (Å²) in [5.74, 6) is 1.51. The molecule has 0 aromatic rings. The van der Waals surface area contributed by atoms with Gasteiger partial charge in [-0.15, -0.1) is 0 Å². The second kappa shape index (κ2) is 3.51. The Balaban J connectivity index is 2.19. The molecule has 2 heterocycles. The molecule has 0 aliphatic carbocycles. The molecule has 0 saturated heterocycles. The van der Waals surface area contributed by atoms with Gasteiger partial charge in [-0.1, -0.05) is 0 Å². The van der Waals surface area contributed by atoms with Crippen LogP contribution in [0.5, 0.6) is 0 Å². The first-order valence-corrected chi connectivity index (χ1v) is 5.44. The van der Waals surface area contributed by atoms with E-state index in [0.717, 1.165) is 18.3 Å². The number of hydrogen-bond acceptors (Lipinski definition) is 4. The normalized spacial score (nSPS) is 30.7. The van der Waals surface area contributed by atoms with E-state index < -0.39 is 0 Å². The summed E-state index contributed by atoms with van der Waals surface area (Å²) < 4.78 is 11.2. The summed E-state index contributed by atoms with van der Waals surface area (Å²) >= 11 is 0. The lowest BCUT2D eigenvalue weighted by Gasteiger charge is -2.23. The molecule has 2 aliphatic rings. The second-order valence-electron chi connectivity index (χ2n) is 4.66. The number of ether oxygens (including phenoxy) is 2. The Morgan fingerprint density at radius 3 is 2.47 bits per heavy atom. The van der Waals surface area contributed by atoms with Gasteiger partial charge in [0, 0.05) is 0 Å². The van der Waals surface area contributed by atoms with Crippen LogP contribution in [0.15, 0.2) is 9.98 Å². The van der Waals surface area contributed by atoms with E-state index in [1.54, 1.807) is 0 Å². The highest BCUT2D eigenvalue weighted by Crippen LogP contribution is 2.29. The average Bonchev–Trinajstić information content (AvgIpc) is 2.77. The summed E-state index contributed by atoms with van der Waals surface area (Å²) in [6.45, 7) is 9.61. The predicted octanol–water partition coefficient (Wildman–Crippen LogP) is 1.65. The maximum atomic E-state index is 5.74. The van der Waals surface area contributed by atoms with Gasteiger partial charge in [-0.2, -0.15) is 0 Å². The van der Waals surface area contributed by atoms with Gasteiger partial charge in [-0.3, -0.25) is 4.99 Å². The highest BCUT2D eigenvalue weighted by molar-refractivity contribution is 6.05. The third kappa shape index (κ3) is 1.73. The van der Waals surface area contributed by atoms with Crippen molar-refractivity contribution in [3.63, 3.8) is 0 Å². The van der Waals surface area contributed by atoms with Crippen LogP contribution < -0.4 is 0 Å². The van der Waals surface area contributed by atoms with Crippen molar-refractivity contribution < 1.29 is 9.47 Å². The lowest BCUT2D eigenvalue weighted by atomic mass is 9.93. The molecule has 2 rings (SSSR count). The van der Waals surface area contributed by atoms with Gasteiger partial charge in [-0.25, -0.2) is 4.99 Å². The van der Waals surface area contributed by atoms with Crippen molar-refractivity contribution >= 4 is 11.8 Å². The van der Waals surface area contributed by atoms with Crippen molar-refractivity contribution in [3.05, 3.63) is 0 Å². The zero-order valence-corrected chi connectivity index (χ0v) is 9.78. The first kappa shape index (κ1) is 10.5. The Kier molecular flexibility index (Phi) is 2.44. The van der Waals surface area contributed by atoms with Crippen LogP contribution >= 0.6 is 0 Å². The third-order valence-electron chi connectivity index (χ3n) is 2.95. The van der Waals surface area contributed by atoms with Gasteiger partial charge in [0.2, 0.25) is 0 Å². The Morgan fingerprint density at radius 1 is 1.27 bits per heavy atom. The van der Waals surface area contributed by atoms with Gasteiger partial charge in [-0.05, 0) is 27.7 Å². The molecule has 0 radical (unpaired) electrons. The van der Waals surface area contributed by atoms with Crippen LogP contribution in [0.1, 0.15) is 27.7 Å². The third-order valence-corrected chi connectivity index (χ3v) is 2.95. The Labute approximate surface area is 90.4 Å². The van der Waals surface area contributed by atoms with Crippen molar-refractivity contribution in [1.29, 1.82) is 0 Å². The first-order chi connectivity index (χ1) is 7.01. The van der Waals surface area contributed by atoms with E-state index in [0.29, 0.717) is 6.61 Å². The molecule has 2 atom stereocenters. The molecule has 2 unspecified atom stereocenters. The van der Waals surface area contributed by atoms with Crippen LogP contribution in [0.2, 0.25) is 0 Å². The van der Waals surface area contributed by atoms with Crippen LogP contribution in [0.3, 0.4) is 0 Å². The molecule has 0 aromatic heterocycles. The number of nitrogens with zero attached hydrogens (tertiary/aromatic N) is 2. The van der Waals surface area contributed by atoms with Gasteiger partial charge in [0.25, 0.3) is 0 Å². The Bertz CT molecular complexity index is 321. The first-order valence-electron chi connectivity index (χ1n) is 5.44. The van der Waals surface area contributed by atoms with E-state index in [-0.39, 0.29) is 17.6 Å². The zero-order chi connectivity index (χ0) is 11.1. The summed E-state index contributed by atoms with van der Waals surface area (Å²) in [5.41, 5.74) is -0.324. The van der Waals surface area contributed by atoms with E-state index in [1.165, 1.54) is 0 Å². The summed E-state index contributed by atoms with van der Waals surface area (Å²) in [6.07, 6.45) is 0.154. The van der Waals surface area contributed by atoms with Gasteiger partial charge in [0.15, 0.2) is 11.8 Å². The van der Waals surface area contributed by atoms with Gasteiger partial charge >= 0.3 is 0 Å². The van der Waals surface area contributed by atoms with Crippen molar-refractivity contribution in [2.24, 2.45) is 15.4 Å². The lowest BCUT2D eigenvalue weighted by molar-refractivity contribution is 0.197. The number of hydrogen-bond donors (Lipinski definition) is 0. The minimum Gasteiger partial charge on any atom is -0.478 e. The molecule has 0 fully saturated rings. The highest BCUT2D eigenvalue weighted by atomic mass is 16.5. The summed E-state index contributed by atoms with van der Waals surface area (Å²) in [5, 5.41) is 0. The molecule has 4 heteroatoms. The number of aliphatic imine (C=N–C) groups is 2. The van der Waals surface area contributed by atoms with E-state index in [9.17, 15) is 0 Å². The molecule has 15 heavy (non-hydrogen) atoms. The van der Waals surface area contributed by atoms with Crippen LogP contribution in [-0.4, -0.2) is 37.1 Å². The summed E-state index contributed by atoms with van der Waals surface area (Å²) in [4.78, 5) is 8.85. The fourth-order valence-corrected chi connectivity index (χ4v) is 1.71. The lowest BCUT2D eigenvalue weighted by Crippen LogP contribution is -2.34. The fourth-order valence-electron chi connectivity index (χ4n) is 1.71. The topological polar surface area (TPSA) is 43.2 Å². The van der Waals surface area contributed by atoms with Crippen molar-refractivity contribution in [2.45, 2.75) is 39.8 Å². The molecule has 0 amide bonds. The molecule has 0 N–H and O–H groups in total. The monoisotopic (exact) mass is 210 g/mol. The highest BCUT2D eigenvalue weighted by Gasteiger charge is 2.40. The van der Waals surface area contributed by atoms with E-state index in [1.807, 2.05) is 20.8 Å². The molecule has 0 spiro atoms. The maximum absolute atomic E-state index is 5.74. The maximum Gasteiger partial charge on any atom is 0.199 e. The smallest absolute Gasteiger partial charge is 0.199 e. The fraction of sp³-hybridized carbons (Fsp3) is 0.818. The molecule has 2 aliphatic heterocycles. The minimum atomic E-state index is -0.324. The summed E-state index contributed by atoms with van der Waals surface area (Å²) in [6, 6.07) is 0.223. The van der Waals surface area contributed by atoms with E-state index in [4.69, 9.17) is 9.47 Å². The quantitative estimate of drug-likeness (QED) is 0.695. The Hall–Kier alpha value is -1.06. The molecular formula is C11H18N2O2. The van der Waals surface area contributed by atoms with Crippen LogP contribution in [-0.2, 0) is 9.47 Å². The zero-order valence-electron chi connectivity index (χ0n) is 9.78. The standard InChI is InChI=1S/C11H18N2O2/c1-7-8(2)15-10(13-7)11(3,4)9-12-5-6-14-9/h7-8H,5-6H2,1-4H3. The largest absolute Gasteiger partial charge is 0.478 e. The Morgan fingerprint density at radius 2 is 2.00 bits per heavy atom. The van der Waals surface area contributed by atoms with E-state index >= 15 is 0 Å². The molecule has 0 bridgehead atoms. The van der Waals surface area contributed by atoms with Crippen molar-refractivity contribution in [1.82, 2.24) is 0 Å². The van der Waals surface area contributed by atoms with Crippen molar-refractivity contribution in [3.8, 4) is 0 Å². The molecule has 4 nitrogen and oxygen atoms in total. The van der Waals surface area contributed by atoms with Crippen LogP contribution in [0.4, 0.5) is 0 Å². The van der Waals surface area contributed by atoms with Crippen LogP contribution in [0.25, 0.3) is 0 Å². The predicted molar refractivity (Wildman–Crippen MR) is 59.5 cm³/mol. The second-order valence-corrected chi connectivity index (χ2v) is 4.66. The van der Waals surface area contributed by atoms with Gasteiger partial charge in [0.1, 0.15) is 18.1 Å². The molecule has 0 saturated carbocycles.